The molecule has 27 heavy (non-hydrogen) atoms. The van der Waals surface area contributed by atoms with Crippen molar-refractivity contribution < 1.29 is 19.4 Å². The number of piperazine rings is 1. The first-order valence-electron chi connectivity index (χ1n) is 8.87. The molecule has 0 bridgehead atoms. The number of rotatable bonds is 6. The number of benzene rings is 2. The summed E-state index contributed by atoms with van der Waals surface area (Å²) in [7, 11) is 3.14. The van der Waals surface area contributed by atoms with E-state index in [0.717, 1.165) is 31.9 Å². The quantitative estimate of drug-likeness (QED) is 0.811. The van der Waals surface area contributed by atoms with Crippen LogP contribution in [0.1, 0.15) is 0 Å². The SMILES string of the molecule is COc1ccc(NC(=O)CN2CCN(c3ccc(O)cc3)CC2)cc1OC. The Labute approximate surface area is 159 Å². The summed E-state index contributed by atoms with van der Waals surface area (Å²) in [5, 5.41) is 12.3. The molecule has 3 rings (SSSR count). The van der Waals surface area contributed by atoms with E-state index in [2.05, 4.69) is 15.1 Å². The maximum absolute atomic E-state index is 12.4. The van der Waals surface area contributed by atoms with E-state index < -0.39 is 0 Å². The average Bonchev–Trinajstić information content (AvgIpc) is 2.69. The van der Waals surface area contributed by atoms with Crippen LogP contribution in [0.15, 0.2) is 42.5 Å². The van der Waals surface area contributed by atoms with Crippen molar-refractivity contribution in [3.8, 4) is 17.2 Å². The number of nitrogens with one attached hydrogen (secondary N) is 1. The molecule has 1 aliphatic rings. The molecule has 0 aromatic heterocycles. The lowest BCUT2D eigenvalue weighted by Crippen LogP contribution is -2.48. The number of amides is 1. The van der Waals surface area contributed by atoms with E-state index in [1.807, 2.05) is 12.1 Å². The number of nitrogens with zero attached hydrogens (tertiary/aromatic N) is 2. The lowest BCUT2D eigenvalue weighted by Gasteiger charge is -2.35. The minimum atomic E-state index is -0.0553. The van der Waals surface area contributed by atoms with Crippen LogP contribution in [-0.4, -0.2) is 62.9 Å². The Kier molecular flexibility index (Phi) is 6.03. The highest BCUT2D eigenvalue weighted by Crippen LogP contribution is 2.29. The number of phenols is 1. The molecule has 1 aliphatic heterocycles. The van der Waals surface area contributed by atoms with Gasteiger partial charge in [0.2, 0.25) is 5.91 Å². The maximum atomic E-state index is 12.4. The summed E-state index contributed by atoms with van der Waals surface area (Å²) in [4.78, 5) is 16.7. The van der Waals surface area contributed by atoms with E-state index in [4.69, 9.17) is 9.47 Å². The van der Waals surface area contributed by atoms with Gasteiger partial charge in [0.05, 0.1) is 20.8 Å². The molecule has 7 nitrogen and oxygen atoms in total. The summed E-state index contributed by atoms with van der Waals surface area (Å²) in [6, 6.07) is 12.5. The molecule has 0 unspecified atom stereocenters. The maximum Gasteiger partial charge on any atom is 0.238 e. The summed E-state index contributed by atoms with van der Waals surface area (Å²) in [5.41, 5.74) is 1.77. The minimum Gasteiger partial charge on any atom is -0.508 e. The van der Waals surface area contributed by atoms with Gasteiger partial charge in [-0.3, -0.25) is 9.69 Å². The topological polar surface area (TPSA) is 74.3 Å². The summed E-state index contributed by atoms with van der Waals surface area (Å²) >= 11 is 0. The number of carbonyl (C=O) groups excluding carboxylic acids is 1. The molecule has 0 aliphatic carbocycles. The van der Waals surface area contributed by atoms with Crippen LogP contribution in [-0.2, 0) is 4.79 Å². The van der Waals surface area contributed by atoms with Gasteiger partial charge in [0, 0.05) is 43.6 Å². The molecule has 1 amide bonds. The molecule has 1 fully saturated rings. The zero-order valence-electron chi connectivity index (χ0n) is 15.6. The molecular formula is C20H25N3O4. The van der Waals surface area contributed by atoms with Crippen molar-refractivity contribution in [3.05, 3.63) is 42.5 Å². The minimum absolute atomic E-state index is 0.0553. The molecule has 0 radical (unpaired) electrons. The summed E-state index contributed by atoms with van der Waals surface area (Å²) < 4.78 is 10.5. The summed E-state index contributed by atoms with van der Waals surface area (Å²) in [6.07, 6.45) is 0. The Hall–Kier alpha value is -2.93. The highest BCUT2D eigenvalue weighted by molar-refractivity contribution is 5.92. The first-order chi connectivity index (χ1) is 13.1. The third-order valence-corrected chi connectivity index (χ3v) is 4.62. The van der Waals surface area contributed by atoms with Gasteiger partial charge in [-0.1, -0.05) is 0 Å². The Morgan fingerprint density at radius 2 is 1.67 bits per heavy atom. The van der Waals surface area contributed by atoms with Crippen molar-refractivity contribution >= 4 is 17.3 Å². The van der Waals surface area contributed by atoms with Crippen molar-refractivity contribution in [2.45, 2.75) is 0 Å². The first kappa shape index (κ1) is 18.8. The number of hydrogen-bond donors (Lipinski definition) is 2. The molecule has 0 spiro atoms. The van der Waals surface area contributed by atoms with Crippen LogP contribution >= 0.6 is 0 Å². The van der Waals surface area contributed by atoms with Crippen LogP contribution in [0.4, 0.5) is 11.4 Å². The lowest BCUT2D eigenvalue weighted by atomic mass is 10.2. The Morgan fingerprint density at radius 3 is 2.30 bits per heavy atom. The molecular weight excluding hydrogens is 346 g/mol. The monoisotopic (exact) mass is 371 g/mol. The number of methoxy groups -OCH3 is 2. The summed E-state index contributed by atoms with van der Waals surface area (Å²) in [6.45, 7) is 3.64. The Morgan fingerprint density at radius 1 is 1.00 bits per heavy atom. The molecule has 144 valence electrons. The Balaban J connectivity index is 1.50. The first-order valence-corrected chi connectivity index (χ1v) is 8.87. The normalized spacial score (nSPS) is 14.7. The fourth-order valence-corrected chi connectivity index (χ4v) is 3.15. The predicted octanol–water partition coefficient (Wildman–Crippen LogP) is 2.17. The van der Waals surface area contributed by atoms with Gasteiger partial charge in [-0.2, -0.15) is 0 Å². The zero-order valence-corrected chi connectivity index (χ0v) is 15.6. The van der Waals surface area contributed by atoms with Crippen molar-refractivity contribution in [2.24, 2.45) is 0 Å². The van der Waals surface area contributed by atoms with Crippen molar-refractivity contribution in [1.29, 1.82) is 0 Å². The van der Waals surface area contributed by atoms with Crippen LogP contribution in [0.2, 0.25) is 0 Å². The molecule has 1 heterocycles. The third kappa shape index (κ3) is 4.83. The largest absolute Gasteiger partial charge is 0.508 e. The van der Waals surface area contributed by atoms with Crippen molar-refractivity contribution in [2.75, 3.05) is 57.2 Å². The lowest BCUT2D eigenvalue weighted by molar-refractivity contribution is -0.117. The number of hydrogen-bond acceptors (Lipinski definition) is 6. The van der Waals surface area contributed by atoms with E-state index in [9.17, 15) is 9.90 Å². The smallest absolute Gasteiger partial charge is 0.238 e. The highest BCUT2D eigenvalue weighted by atomic mass is 16.5. The van der Waals surface area contributed by atoms with Gasteiger partial charge >= 0.3 is 0 Å². The van der Waals surface area contributed by atoms with Crippen molar-refractivity contribution in [1.82, 2.24) is 4.90 Å². The fourth-order valence-electron chi connectivity index (χ4n) is 3.15. The second-order valence-electron chi connectivity index (χ2n) is 6.40. The number of phenolic OH excluding ortho intramolecular Hbond substituents is 1. The van der Waals surface area contributed by atoms with Gasteiger partial charge < -0.3 is 24.8 Å². The van der Waals surface area contributed by atoms with E-state index in [0.29, 0.717) is 23.7 Å². The number of anilines is 2. The number of aromatic hydroxyl groups is 1. The van der Waals surface area contributed by atoms with E-state index in [-0.39, 0.29) is 11.7 Å². The van der Waals surface area contributed by atoms with Crippen LogP contribution in [0, 0.1) is 0 Å². The summed E-state index contributed by atoms with van der Waals surface area (Å²) in [5.74, 6) is 1.42. The van der Waals surface area contributed by atoms with Crippen molar-refractivity contribution in [3.63, 3.8) is 0 Å². The standard InChI is InChI=1S/C20H25N3O4/c1-26-18-8-3-15(13-19(18)27-2)21-20(25)14-22-9-11-23(12-10-22)16-4-6-17(24)7-5-16/h3-8,13,24H,9-12,14H2,1-2H3,(H,21,25). The van der Waals surface area contributed by atoms with Gasteiger partial charge in [-0.25, -0.2) is 0 Å². The zero-order chi connectivity index (χ0) is 19.2. The Bertz CT molecular complexity index is 771. The van der Waals surface area contributed by atoms with E-state index in [1.165, 1.54) is 0 Å². The van der Waals surface area contributed by atoms with E-state index >= 15 is 0 Å². The predicted molar refractivity (Wildman–Crippen MR) is 105 cm³/mol. The van der Waals surface area contributed by atoms with Gasteiger partial charge in [0.15, 0.2) is 11.5 Å². The van der Waals surface area contributed by atoms with Crippen LogP contribution in [0.5, 0.6) is 17.2 Å². The molecule has 0 atom stereocenters. The van der Waals surface area contributed by atoms with Gasteiger partial charge in [-0.05, 0) is 36.4 Å². The average molecular weight is 371 g/mol. The second kappa shape index (κ2) is 8.64. The highest BCUT2D eigenvalue weighted by Gasteiger charge is 2.19. The second-order valence-corrected chi connectivity index (χ2v) is 6.40. The molecule has 2 aromatic rings. The van der Waals surface area contributed by atoms with Crippen LogP contribution in [0.3, 0.4) is 0 Å². The fraction of sp³-hybridized carbons (Fsp3) is 0.350. The molecule has 2 aromatic carbocycles. The van der Waals surface area contributed by atoms with Crippen LogP contribution in [0.25, 0.3) is 0 Å². The van der Waals surface area contributed by atoms with E-state index in [1.54, 1.807) is 44.6 Å². The molecule has 0 saturated carbocycles. The number of ether oxygens (including phenoxy) is 2. The van der Waals surface area contributed by atoms with Crippen LogP contribution < -0.4 is 19.7 Å². The molecule has 2 N–H and O–H groups in total. The van der Waals surface area contributed by atoms with Gasteiger partial charge in [0.25, 0.3) is 0 Å². The molecule has 1 saturated heterocycles. The number of carbonyl (C=O) groups is 1. The van der Waals surface area contributed by atoms with Gasteiger partial charge in [0.1, 0.15) is 5.75 Å². The van der Waals surface area contributed by atoms with Gasteiger partial charge in [-0.15, -0.1) is 0 Å². The molecule has 7 heteroatoms. The third-order valence-electron chi connectivity index (χ3n) is 4.62.